The fourth-order valence-electron chi connectivity index (χ4n) is 1.61. The molecule has 0 aromatic heterocycles. The lowest BCUT2D eigenvalue weighted by molar-refractivity contribution is -0.158. The van der Waals surface area contributed by atoms with E-state index >= 15 is 0 Å². The third-order valence-electron chi connectivity index (χ3n) is 2.54. The lowest BCUT2D eigenvalue weighted by Gasteiger charge is -2.36. The van der Waals surface area contributed by atoms with Gasteiger partial charge in [0, 0.05) is 0 Å². The van der Waals surface area contributed by atoms with E-state index in [0.29, 0.717) is 0 Å². The summed E-state index contributed by atoms with van der Waals surface area (Å²) in [5.74, 6) is -1.72. The van der Waals surface area contributed by atoms with Crippen molar-refractivity contribution in [3.63, 3.8) is 0 Å². The molecule has 7 nitrogen and oxygen atoms in total. The van der Waals surface area contributed by atoms with Crippen LogP contribution in [0.1, 0.15) is 20.8 Å². The molecule has 7 heteroatoms. The predicted molar refractivity (Wildman–Crippen MR) is 61.6 cm³/mol. The molecule has 1 aliphatic rings. The van der Waals surface area contributed by atoms with Crippen LogP contribution in [0.2, 0.25) is 0 Å². The molecule has 1 fully saturated rings. The zero-order chi connectivity index (χ0) is 13.7. The maximum absolute atomic E-state index is 11.6. The van der Waals surface area contributed by atoms with Gasteiger partial charge in [0.2, 0.25) is 11.9 Å². The van der Waals surface area contributed by atoms with Gasteiger partial charge in [0.05, 0.1) is 19.3 Å². The largest absolute Gasteiger partial charge is 0.464 e. The molecule has 0 spiro atoms. The highest BCUT2D eigenvalue weighted by Gasteiger charge is 2.41. The van der Waals surface area contributed by atoms with Crippen molar-refractivity contribution in [3.05, 3.63) is 0 Å². The fourth-order valence-corrected chi connectivity index (χ4v) is 1.61. The highest BCUT2D eigenvalue weighted by atomic mass is 16.6. The lowest BCUT2D eigenvalue weighted by atomic mass is 10.00. The van der Waals surface area contributed by atoms with Gasteiger partial charge in [-0.2, -0.15) is 0 Å². The van der Waals surface area contributed by atoms with E-state index in [1.807, 2.05) is 0 Å². The minimum atomic E-state index is -1.26. The Balaban J connectivity index is 2.67. The molecule has 2 unspecified atom stereocenters. The van der Waals surface area contributed by atoms with Gasteiger partial charge < -0.3 is 14.8 Å². The number of rotatable bonds is 6. The van der Waals surface area contributed by atoms with Crippen LogP contribution in [0.4, 0.5) is 0 Å². The number of ether oxygens (including phenoxy) is 2. The number of hydrogen-bond donors (Lipinski definition) is 2. The second-order valence-corrected chi connectivity index (χ2v) is 3.88. The summed E-state index contributed by atoms with van der Waals surface area (Å²) in [6.45, 7) is 5.36. The first-order chi connectivity index (χ1) is 8.51. The Hall–Kier alpha value is -1.63. The van der Waals surface area contributed by atoms with Crippen molar-refractivity contribution in [1.29, 1.82) is 0 Å². The van der Waals surface area contributed by atoms with E-state index in [4.69, 9.17) is 9.47 Å². The van der Waals surface area contributed by atoms with Gasteiger partial charge >= 0.3 is 11.9 Å². The molecule has 102 valence electrons. The van der Waals surface area contributed by atoms with Crippen LogP contribution in [0.25, 0.3) is 0 Å². The summed E-state index contributed by atoms with van der Waals surface area (Å²) in [5, 5.41) is 5.26. The molecule has 0 aliphatic carbocycles. The van der Waals surface area contributed by atoms with E-state index in [0.717, 1.165) is 0 Å². The molecule has 0 aromatic rings. The summed E-state index contributed by atoms with van der Waals surface area (Å²) in [7, 11) is 0. The van der Waals surface area contributed by atoms with E-state index < -0.39 is 24.0 Å². The van der Waals surface area contributed by atoms with Gasteiger partial charge in [0.15, 0.2) is 0 Å². The minimum Gasteiger partial charge on any atom is -0.464 e. The third-order valence-corrected chi connectivity index (χ3v) is 2.54. The van der Waals surface area contributed by atoms with Gasteiger partial charge in [-0.05, 0) is 20.8 Å². The Bertz CT molecular complexity index is 326. The van der Waals surface area contributed by atoms with Gasteiger partial charge in [-0.1, -0.05) is 0 Å². The van der Waals surface area contributed by atoms with Crippen molar-refractivity contribution < 1.29 is 23.9 Å². The number of carbonyl (C=O) groups is 3. The molecule has 2 N–H and O–H groups in total. The Morgan fingerprint density at radius 2 is 1.78 bits per heavy atom. The van der Waals surface area contributed by atoms with Gasteiger partial charge in [0.25, 0.3) is 0 Å². The summed E-state index contributed by atoms with van der Waals surface area (Å²) in [4.78, 5) is 34.5. The number of hydrogen-bond acceptors (Lipinski definition) is 6. The van der Waals surface area contributed by atoms with Gasteiger partial charge in [-0.25, -0.2) is 9.59 Å². The number of nitrogens with one attached hydrogen (secondary N) is 2. The molecule has 0 radical (unpaired) electrons. The fraction of sp³-hybridized carbons (Fsp3) is 0.727. The molecule has 1 saturated heterocycles. The molecule has 1 aliphatic heterocycles. The van der Waals surface area contributed by atoms with Crippen LogP contribution < -0.4 is 10.6 Å². The standard InChI is InChI=1S/C11H18N2O5/c1-4-17-10(15)8(11(16)18-5-2)13-7-6(3)12-9(7)14/h6-8,13H,4-5H2,1-3H3,(H,12,14). The van der Waals surface area contributed by atoms with E-state index in [-0.39, 0.29) is 25.2 Å². The average Bonchev–Trinajstić information content (AvgIpc) is 2.30. The second-order valence-electron chi connectivity index (χ2n) is 3.88. The first-order valence-corrected chi connectivity index (χ1v) is 5.90. The molecule has 2 atom stereocenters. The topological polar surface area (TPSA) is 93.7 Å². The van der Waals surface area contributed by atoms with Crippen molar-refractivity contribution in [1.82, 2.24) is 10.6 Å². The van der Waals surface area contributed by atoms with Gasteiger partial charge in [0.1, 0.15) is 6.04 Å². The van der Waals surface area contributed by atoms with Crippen LogP contribution in [0.15, 0.2) is 0 Å². The van der Waals surface area contributed by atoms with Gasteiger partial charge in [-0.15, -0.1) is 0 Å². The van der Waals surface area contributed by atoms with Gasteiger partial charge in [-0.3, -0.25) is 10.1 Å². The predicted octanol–water partition coefficient (Wildman–Crippen LogP) is -1.04. The van der Waals surface area contributed by atoms with E-state index in [9.17, 15) is 14.4 Å². The van der Waals surface area contributed by atoms with Crippen LogP contribution in [0.3, 0.4) is 0 Å². The van der Waals surface area contributed by atoms with Crippen molar-refractivity contribution >= 4 is 17.8 Å². The van der Waals surface area contributed by atoms with E-state index in [1.165, 1.54) is 0 Å². The molecule has 1 heterocycles. The van der Waals surface area contributed by atoms with Crippen LogP contribution in [-0.4, -0.2) is 49.2 Å². The van der Waals surface area contributed by atoms with Crippen molar-refractivity contribution in [3.8, 4) is 0 Å². The summed E-state index contributed by atoms with van der Waals surface area (Å²) < 4.78 is 9.55. The molecular formula is C11H18N2O5. The Morgan fingerprint density at radius 1 is 1.28 bits per heavy atom. The number of carbonyl (C=O) groups excluding carboxylic acids is 3. The van der Waals surface area contributed by atoms with E-state index in [1.54, 1.807) is 20.8 Å². The molecular weight excluding hydrogens is 240 g/mol. The first kappa shape index (κ1) is 14.4. The maximum Gasteiger partial charge on any atom is 0.334 e. The lowest BCUT2D eigenvalue weighted by Crippen LogP contribution is -2.70. The number of esters is 2. The SMILES string of the molecule is CCOC(=O)C(NC1C(=O)NC1C)C(=O)OCC. The minimum absolute atomic E-state index is 0.135. The Kier molecular flexibility index (Phi) is 5.08. The second kappa shape index (κ2) is 6.34. The normalized spacial score (nSPS) is 22.1. The van der Waals surface area contributed by atoms with Crippen LogP contribution in [-0.2, 0) is 23.9 Å². The molecule has 0 saturated carbocycles. The Labute approximate surface area is 105 Å². The summed E-state index contributed by atoms with van der Waals surface area (Å²) in [5.41, 5.74) is 0. The molecule has 18 heavy (non-hydrogen) atoms. The Morgan fingerprint density at radius 3 is 2.11 bits per heavy atom. The highest BCUT2D eigenvalue weighted by molar-refractivity contribution is 6.00. The van der Waals surface area contributed by atoms with Crippen molar-refractivity contribution in [2.75, 3.05) is 13.2 Å². The summed E-state index contributed by atoms with van der Waals surface area (Å²) in [6, 6.07) is -1.98. The van der Waals surface area contributed by atoms with Crippen molar-refractivity contribution in [2.45, 2.75) is 38.9 Å². The summed E-state index contributed by atoms with van der Waals surface area (Å²) in [6.07, 6.45) is 0. The van der Waals surface area contributed by atoms with Crippen LogP contribution in [0, 0.1) is 0 Å². The zero-order valence-corrected chi connectivity index (χ0v) is 10.7. The zero-order valence-electron chi connectivity index (χ0n) is 10.7. The van der Waals surface area contributed by atoms with E-state index in [2.05, 4.69) is 10.6 Å². The maximum atomic E-state index is 11.6. The average molecular weight is 258 g/mol. The third kappa shape index (κ3) is 3.19. The molecule has 0 bridgehead atoms. The van der Waals surface area contributed by atoms with Crippen LogP contribution >= 0.6 is 0 Å². The smallest absolute Gasteiger partial charge is 0.334 e. The highest BCUT2D eigenvalue weighted by Crippen LogP contribution is 2.07. The number of amides is 1. The quantitative estimate of drug-likeness (QED) is 0.359. The first-order valence-electron chi connectivity index (χ1n) is 5.90. The van der Waals surface area contributed by atoms with Crippen LogP contribution in [0.5, 0.6) is 0 Å². The molecule has 1 rings (SSSR count). The number of β-lactam (4-membered cyclic amide) rings is 1. The molecule has 1 amide bonds. The summed E-state index contributed by atoms with van der Waals surface area (Å²) >= 11 is 0. The van der Waals surface area contributed by atoms with Crippen molar-refractivity contribution in [2.24, 2.45) is 0 Å². The molecule has 0 aromatic carbocycles. The monoisotopic (exact) mass is 258 g/mol.